The fourth-order valence-electron chi connectivity index (χ4n) is 9.27. The molecule has 0 spiro atoms. The highest BCUT2D eigenvalue weighted by Crippen LogP contribution is 2.26. The molecule has 0 aromatic heterocycles. The average molecular weight is 1060 g/mol. The Morgan fingerprint density at radius 2 is 0.960 bits per heavy atom. The number of hydrogen-bond donors (Lipinski definition) is 6. The second-order valence-electron chi connectivity index (χ2n) is 21.1. The smallest absolute Gasteiger partial charge is 0.306 e. The van der Waals surface area contributed by atoms with Crippen LogP contribution in [-0.2, 0) is 23.8 Å². The number of allylic oxidation sites excluding steroid dienone is 11. The summed E-state index contributed by atoms with van der Waals surface area (Å²) in [6, 6.07) is -1.02. The summed E-state index contributed by atoms with van der Waals surface area (Å²) in [4.78, 5) is 26.5. The minimum atomic E-state index is -1.62. The Morgan fingerprint density at radius 3 is 1.44 bits per heavy atom. The Hall–Kier alpha value is -2.90. The topological polar surface area (TPSA) is 175 Å². The molecule has 8 atom stereocenters. The van der Waals surface area contributed by atoms with Crippen molar-refractivity contribution < 1.29 is 49.3 Å². The van der Waals surface area contributed by atoms with Crippen LogP contribution in [-0.4, -0.2) is 99.6 Å². The van der Waals surface area contributed by atoms with E-state index in [0.717, 1.165) is 103 Å². The van der Waals surface area contributed by atoms with Gasteiger partial charge in [-0.1, -0.05) is 254 Å². The van der Waals surface area contributed by atoms with E-state index in [0.29, 0.717) is 19.3 Å². The summed E-state index contributed by atoms with van der Waals surface area (Å²) in [5.74, 6) is -1.20. The molecule has 1 aliphatic heterocycles. The number of amides is 1. The van der Waals surface area contributed by atoms with Crippen molar-refractivity contribution in [2.24, 2.45) is 0 Å². The number of unbranched alkanes of at least 4 members (excludes halogenated alkanes) is 27. The maximum atomic E-state index is 13.3. The first-order valence-electron chi connectivity index (χ1n) is 30.7. The molecule has 8 unspecified atom stereocenters. The lowest BCUT2D eigenvalue weighted by Gasteiger charge is -2.41. The van der Waals surface area contributed by atoms with Crippen molar-refractivity contribution in [1.82, 2.24) is 5.32 Å². The lowest BCUT2D eigenvalue weighted by molar-refractivity contribution is -0.305. The summed E-state index contributed by atoms with van der Waals surface area (Å²) in [5.41, 5.74) is 0. The summed E-state index contributed by atoms with van der Waals surface area (Å²) in [5, 5.41) is 56.8. The Bertz CT molecular complexity index is 1490. The van der Waals surface area contributed by atoms with Crippen LogP contribution >= 0.6 is 0 Å². The van der Waals surface area contributed by atoms with Gasteiger partial charge in [-0.2, -0.15) is 0 Å². The molecule has 434 valence electrons. The molecule has 1 heterocycles. The quantitative estimate of drug-likeness (QED) is 0.0195. The average Bonchev–Trinajstić information content (AvgIpc) is 3.41. The fourth-order valence-corrected chi connectivity index (χ4v) is 9.27. The first-order valence-corrected chi connectivity index (χ1v) is 30.7. The fraction of sp³-hybridized carbons (Fsp3) is 0.781. The van der Waals surface area contributed by atoms with Gasteiger partial charge in [-0.3, -0.25) is 9.59 Å². The third-order valence-electron chi connectivity index (χ3n) is 14.1. The number of hydrogen-bond acceptors (Lipinski definition) is 10. The largest absolute Gasteiger partial charge is 0.454 e. The van der Waals surface area contributed by atoms with E-state index in [-0.39, 0.29) is 13.0 Å². The molecule has 1 fully saturated rings. The van der Waals surface area contributed by atoms with Crippen LogP contribution in [0, 0.1) is 0 Å². The van der Waals surface area contributed by atoms with Crippen LogP contribution in [0.2, 0.25) is 0 Å². The normalized spacial score (nSPS) is 19.7. The van der Waals surface area contributed by atoms with Crippen LogP contribution in [0.3, 0.4) is 0 Å². The summed E-state index contributed by atoms with van der Waals surface area (Å²) in [6.07, 6.45) is 55.2. The number of carbonyl (C=O) groups is 2. The third-order valence-corrected chi connectivity index (χ3v) is 14.1. The van der Waals surface area contributed by atoms with Crippen LogP contribution in [0.4, 0.5) is 0 Å². The summed E-state index contributed by atoms with van der Waals surface area (Å²) in [6.45, 7) is 5.64. The standard InChI is InChI=1S/C64H113NO10/c1-4-7-10-13-16-19-22-23-24-25-26-27-28-29-30-31-32-33-34-35-37-40-43-46-49-52-59(69)75-62-61(71)60(70)58(53-66)74-64(62)73-54-55(56(67)50-47-44-41-39-36-20-17-14-11-8-5-2)65-63(72)57(68)51-48-45-42-38-21-18-15-12-9-6-3/h7,10,16,19,23-24,26-27,29-30,47,50,55-58,60-62,64,66-68,70-71H,4-6,8-9,11-15,17-18,20-22,25,28,31-46,48-49,51-54H2,1-3H3,(H,65,72)/b10-7-,19-16-,24-23-,27-26-,30-29-,50-47+. The Morgan fingerprint density at radius 1 is 0.533 bits per heavy atom. The van der Waals surface area contributed by atoms with Crippen molar-refractivity contribution in [2.75, 3.05) is 13.2 Å². The Labute approximate surface area is 458 Å². The van der Waals surface area contributed by atoms with E-state index < -0.39 is 67.4 Å². The number of aliphatic hydroxyl groups is 5. The maximum absolute atomic E-state index is 13.3. The number of rotatable bonds is 51. The summed E-state index contributed by atoms with van der Waals surface area (Å²) >= 11 is 0. The second kappa shape index (κ2) is 51.8. The van der Waals surface area contributed by atoms with Crippen LogP contribution in [0.15, 0.2) is 72.9 Å². The van der Waals surface area contributed by atoms with Gasteiger partial charge in [0.15, 0.2) is 12.4 Å². The van der Waals surface area contributed by atoms with Gasteiger partial charge in [0.1, 0.15) is 24.4 Å². The molecule has 11 heteroatoms. The monoisotopic (exact) mass is 1060 g/mol. The maximum Gasteiger partial charge on any atom is 0.306 e. The number of nitrogens with one attached hydrogen (secondary N) is 1. The lowest BCUT2D eigenvalue weighted by Crippen LogP contribution is -2.61. The van der Waals surface area contributed by atoms with E-state index in [1.807, 2.05) is 6.08 Å². The number of aliphatic hydroxyl groups excluding tert-OH is 5. The van der Waals surface area contributed by atoms with Crippen molar-refractivity contribution in [1.29, 1.82) is 0 Å². The van der Waals surface area contributed by atoms with Gasteiger partial charge in [0, 0.05) is 6.42 Å². The zero-order valence-corrected chi connectivity index (χ0v) is 47.9. The van der Waals surface area contributed by atoms with Gasteiger partial charge in [0.2, 0.25) is 5.91 Å². The molecular formula is C64H113NO10. The molecule has 0 saturated carbocycles. The molecule has 6 N–H and O–H groups in total. The Kier molecular flexibility index (Phi) is 48.5. The van der Waals surface area contributed by atoms with Crippen LogP contribution in [0.25, 0.3) is 0 Å². The summed E-state index contributed by atoms with van der Waals surface area (Å²) in [7, 11) is 0. The first kappa shape index (κ1) is 70.1. The molecule has 0 radical (unpaired) electrons. The van der Waals surface area contributed by atoms with Gasteiger partial charge in [-0.05, 0) is 70.6 Å². The van der Waals surface area contributed by atoms with Crippen LogP contribution in [0.5, 0.6) is 0 Å². The molecule has 75 heavy (non-hydrogen) atoms. The zero-order chi connectivity index (χ0) is 54.7. The zero-order valence-electron chi connectivity index (χ0n) is 47.9. The molecule has 0 aromatic rings. The van der Waals surface area contributed by atoms with E-state index in [9.17, 15) is 35.1 Å². The third kappa shape index (κ3) is 40.0. The molecule has 1 aliphatic rings. The molecule has 1 rings (SSSR count). The molecule has 1 amide bonds. The van der Waals surface area contributed by atoms with E-state index >= 15 is 0 Å². The molecule has 0 aromatic carbocycles. The van der Waals surface area contributed by atoms with Gasteiger partial charge in [0.05, 0.1) is 25.4 Å². The van der Waals surface area contributed by atoms with Gasteiger partial charge in [-0.15, -0.1) is 0 Å². The highest BCUT2D eigenvalue weighted by molar-refractivity contribution is 5.80. The minimum absolute atomic E-state index is 0.114. The highest BCUT2D eigenvalue weighted by Gasteiger charge is 2.47. The molecule has 0 bridgehead atoms. The molecule has 11 nitrogen and oxygen atoms in total. The predicted octanol–water partition coefficient (Wildman–Crippen LogP) is 14.4. The highest BCUT2D eigenvalue weighted by atomic mass is 16.7. The second-order valence-corrected chi connectivity index (χ2v) is 21.1. The Balaban J connectivity index is 2.58. The van der Waals surface area contributed by atoms with Crippen molar-refractivity contribution in [3.05, 3.63) is 72.9 Å². The first-order chi connectivity index (χ1) is 36.7. The van der Waals surface area contributed by atoms with Gasteiger partial charge < -0.3 is 45.1 Å². The number of carbonyl (C=O) groups excluding carboxylic acids is 2. The van der Waals surface area contributed by atoms with E-state index in [1.54, 1.807) is 6.08 Å². The van der Waals surface area contributed by atoms with Crippen molar-refractivity contribution in [3.8, 4) is 0 Å². The summed E-state index contributed by atoms with van der Waals surface area (Å²) < 4.78 is 17.6. The number of esters is 1. The minimum Gasteiger partial charge on any atom is -0.454 e. The molecular weight excluding hydrogens is 943 g/mol. The lowest BCUT2D eigenvalue weighted by atomic mass is 9.99. The van der Waals surface area contributed by atoms with Gasteiger partial charge in [0.25, 0.3) is 0 Å². The van der Waals surface area contributed by atoms with Crippen LogP contribution in [0.1, 0.15) is 258 Å². The van der Waals surface area contributed by atoms with Crippen molar-refractivity contribution in [3.63, 3.8) is 0 Å². The van der Waals surface area contributed by atoms with E-state index in [1.165, 1.54) is 109 Å². The van der Waals surface area contributed by atoms with Gasteiger partial charge >= 0.3 is 5.97 Å². The SMILES string of the molecule is CC/C=C\C/C=C\C/C=C\C/C=C\C/C=C\CCCCCCCCCCCC(=O)OC1C(OCC(NC(=O)C(O)CCCCCCCCCCCC)C(O)/C=C/CCCCCCCCCCC)OC(CO)C(O)C1O. The van der Waals surface area contributed by atoms with E-state index in [4.69, 9.17) is 14.2 Å². The molecule has 0 aliphatic carbocycles. The van der Waals surface area contributed by atoms with Crippen LogP contribution < -0.4 is 5.32 Å². The number of ether oxygens (including phenoxy) is 3. The molecule has 1 saturated heterocycles. The predicted molar refractivity (Wildman–Crippen MR) is 310 cm³/mol. The van der Waals surface area contributed by atoms with Gasteiger partial charge in [-0.25, -0.2) is 0 Å². The van der Waals surface area contributed by atoms with Crippen molar-refractivity contribution in [2.45, 2.75) is 307 Å². The van der Waals surface area contributed by atoms with Crippen molar-refractivity contribution >= 4 is 11.9 Å². The van der Waals surface area contributed by atoms with E-state index in [2.05, 4.69) is 86.8 Å².